The molecular formula is C9H10FNO2S. The van der Waals surface area contributed by atoms with Crippen LogP contribution in [0.1, 0.15) is 0 Å². The van der Waals surface area contributed by atoms with Gasteiger partial charge in [0.15, 0.2) is 17.7 Å². The summed E-state index contributed by atoms with van der Waals surface area (Å²) >= 11 is 1.12. The van der Waals surface area contributed by atoms with Gasteiger partial charge in [0.1, 0.15) is 13.2 Å². The summed E-state index contributed by atoms with van der Waals surface area (Å²) in [5.41, 5.74) is 0. The first kappa shape index (κ1) is 9.61. The van der Waals surface area contributed by atoms with Crippen LogP contribution in [0.5, 0.6) is 11.5 Å². The predicted molar refractivity (Wildman–Crippen MR) is 52.4 cm³/mol. The molecule has 0 aromatic heterocycles. The van der Waals surface area contributed by atoms with Crippen molar-refractivity contribution in [3.05, 3.63) is 18.2 Å². The molecule has 0 spiro atoms. The lowest BCUT2D eigenvalue weighted by atomic mass is 10.3. The van der Waals surface area contributed by atoms with Gasteiger partial charge in [-0.15, -0.1) is 0 Å². The van der Waals surface area contributed by atoms with Crippen molar-refractivity contribution in [3.8, 4) is 11.5 Å². The lowest BCUT2D eigenvalue weighted by Crippen LogP contribution is -2.17. The molecule has 0 unspecified atom stereocenters. The summed E-state index contributed by atoms with van der Waals surface area (Å²) in [5.74, 6) is 1.13. The molecule has 1 aromatic carbocycles. The van der Waals surface area contributed by atoms with Gasteiger partial charge in [-0.25, -0.2) is 4.39 Å². The number of alkyl halides is 1. The lowest BCUT2D eigenvalue weighted by molar-refractivity contribution is 0.162. The minimum absolute atomic E-state index is 0.0334. The maximum absolute atomic E-state index is 12.9. The van der Waals surface area contributed by atoms with Crippen molar-refractivity contribution in [2.45, 2.75) is 11.1 Å². The van der Waals surface area contributed by atoms with Crippen LogP contribution in [0.4, 0.5) is 4.39 Å². The van der Waals surface area contributed by atoms with Crippen LogP contribution < -0.4 is 14.6 Å². The van der Waals surface area contributed by atoms with Gasteiger partial charge in [0.25, 0.3) is 0 Å². The molecule has 1 atom stereocenters. The van der Waals surface area contributed by atoms with Crippen LogP contribution in [0, 0.1) is 0 Å². The Kier molecular flexibility index (Phi) is 2.79. The fourth-order valence-corrected chi connectivity index (χ4v) is 1.52. The molecule has 5 heteroatoms. The molecule has 0 saturated heterocycles. The third-order valence-electron chi connectivity index (χ3n) is 1.89. The van der Waals surface area contributed by atoms with E-state index in [2.05, 4.69) is 0 Å². The van der Waals surface area contributed by atoms with E-state index in [1.807, 2.05) is 6.07 Å². The van der Waals surface area contributed by atoms with Crippen LogP contribution in [0.2, 0.25) is 0 Å². The maximum Gasteiger partial charge on any atom is 0.168 e. The molecule has 3 nitrogen and oxygen atoms in total. The second kappa shape index (κ2) is 4.06. The van der Waals surface area contributed by atoms with Crippen molar-refractivity contribution in [3.63, 3.8) is 0 Å². The molecule has 0 amide bonds. The molecule has 0 saturated carbocycles. The van der Waals surface area contributed by atoms with E-state index >= 15 is 0 Å². The van der Waals surface area contributed by atoms with Gasteiger partial charge in [0, 0.05) is 4.90 Å². The minimum Gasteiger partial charge on any atom is -0.487 e. The largest absolute Gasteiger partial charge is 0.487 e. The van der Waals surface area contributed by atoms with Gasteiger partial charge in [0.05, 0.1) is 0 Å². The van der Waals surface area contributed by atoms with Crippen molar-refractivity contribution >= 4 is 11.9 Å². The average Bonchev–Trinajstić information content (AvgIpc) is 2.40. The molecule has 1 heterocycles. The van der Waals surface area contributed by atoms with Crippen LogP contribution in [0.15, 0.2) is 23.1 Å². The maximum atomic E-state index is 12.9. The summed E-state index contributed by atoms with van der Waals surface area (Å²) in [5, 5.41) is 5.40. The fraction of sp³-hybridized carbons (Fsp3) is 0.333. The molecule has 0 radical (unpaired) electrons. The Hall–Kier alpha value is -0.940. The molecule has 1 aliphatic rings. The van der Waals surface area contributed by atoms with Gasteiger partial charge in [-0.3, -0.25) is 5.14 Å². The lowest BCUT2D eigenvalue weighted by Gasteiger charge is -2.07. The molecule has 0 bridgehead atoms. The monoisotopic (exact) mass is 215 g/mol. The minimum atomic E-state index is -1.07. The molecule has 1 aliphatic heterocycles. The zero-order valence-corrected chi connectivity index (χ0v) is 8.22. The SMILES string of the molecule is NSc1ccc2c(c1)OC[C@@H](F)CO2. The Morgan fingerprint density at radius 2 is 2.00 bits per heavy atom. The van der Waals surface area contributed by atoms with Crippen molar-refractivity contribution < 1.29 is 13.9 Å². The Morgan fingerprint density at radius 3 is 2.71 bits per heavy atom. The number of hydrogen-bond acceptors (Lipinski definition) is 4. The van der Waals surface area contributed by atoms with Gasteiger partial charge >= 0.3 is 0 Å². The van der Waals surface area contributed by atoms with Crippen LogP contribution in [-0.2, 0) is 0 Å². The average molecular weight is 215 g/mol. The zero-order valence-electron chi connectivity index (χ0n) is 7.40. The molecule has 2 rings (SSSR count). The van der Waals surface area contributed by atoms with E-state index in [1.165, 1.54) is 0 Å². The van der Waals surface area contributed by atoms with Gasteiger partial charge in [-0.2, -0.15) is 0 Å². The first-order chi connectivity index (χ1) is 6.79. The van der Waals surface area contributed by atoms with E-state index in [9.17, 15) is 4.39 Å². The second-order valence-electron chi connectivity index (χ2n) is 2.95. The molecule has 2 N–H and O–H groups in total. The number of nitrogens with two attached hydrogens (primary N) is 1. The van der Waals surface area contributed by atoms with Gasteiger partial charge in [0.2, 0.25) is 0 Å². The Bertz CT molecular complexity index is 335. The standard InChI is InChI=1S/C9H10FNO2S/c10-6-4-12-8-2-1-7(14-11)3-9(8)13-5-6/h1-3,6H,4-5,11H2/t6-/m0/s1. The third kappa shape index (κ3) is 1.93. The number of fused-ring (bicyclic) bond motifs is 1. The highest BCUT2D eigenvalue weighted by Gasteiger charge is 2.17. The molecule has 76 valence electrons. The van der Waals surface area contributed by atoms with Crippen LogP contribution in [-0.4, -0.2) is 19.4 Å². The van der Waals surface area contributed by atoms with Crippen molar-refractivity contribution in [1.82, 2.24) is 0 Å². The van der Waals surface area contributed by atoms with E-state index in [-0.39, 0.29) is 13.2 Å². The molecular weight excluding hydrogens is 205 g/mol. The molecule has 1 aromatic rings. The quantitative estimate of drug-likeness (QED) is 0.725. The summed E-state index contributed by atoms with van der Waals surface area (Å²) in [6.07, 6.45) is -1.07. The van der Waals surface area contributed by atoms with Crippen LogP contribution in [0.25, 0.3) is 0 Å². The van der Waals surface area contributed by atoms with Crippen LogP contribution in [0.3, 0.4) is 0 Å². The van der Waals surface area contributed by atoms with E-state index < -0.39 is 6.17 Å². The molecule has 14 heavy (non-hydrogen) atoms. The van der Waals surface area contributed by atoms with Gasteiger partial charge in [-0.05, 0) is 30.1 Å². The van der Waals surface area contributed by atoms with E-state index in [0.29, 0.717) is 11.5 Å². The first-order valence-electron chi connectivity index (χ1n) is 4.20. The zero-order chi connectivity index (χ0) is 9.97. The highest BCUT2D eigenvalue weighted by atomic mass is 32.2. The third-order valence-corrected chi connectivity index (χ3v) is 2.42. The predicted octanol–water partition coefficient (Wildman–Crippen LogP) is 1.76. The summed E-state index contributed by atoms with van der Waals surface area (Å²) in [6, 6.07) is 5.30. The number of halogens is 1. The molecule has 0 fully saturated rings. The van der Waals surface area contributed by atoms with Crippen LogP contribution >= 0.6 is 11.9 Å². The topological polar surface area (TPSA) is 44.5 Å². The number of benzene rings is 1. The van der Waals surface area contributed by atoms with Gasteiger partial charge in [-0.1, -0.05) is 0 Å². The summed E-state index contributed by atoms with van der Waals surface area (Å²) in [7, 11) is 0. The summed E-state index contributed by atoms with van der Waals surface area (Å²) < 4.78 is 23.4. The van der Waals surface area contributed by atoms with Crippen molar-refractivity contribution in [2.24, 2.45) is 5.14 Å². The second-order valence-corrected chi connectivity index (χ2v) is 3.65. The van der Waals surface area contributed by atoms with Gasteiger partial charge < -0.3 is 9.47 Å². The van der Waals surface area contributed by atoms with Crippen molar-refractivity contribution in [1.29, 1.82) is 0 Å². The van der Waals surface area contributed by atoms with E-state index in [4.69, 9.17) is 14.6 Å². The Labute approximate surface area is 85.5 Å². The Morgan fingerprint density at radius 1 is 1.29 bits per heavy atom. The Balaban J connectivity index is 2.27. The fourth-order valence-electron chi connectivity index (χ4n) is 1.20. The summed E-state index contributed by atoms with van der Waals surface area (Å²) in [6.45, 7) is 0.0772. The number of ether oxygens (including phenoxy) is 2. The highest BCUT2D eigenvalue weighted by molar-refractivity contribution is 7.97. The number of rotatable bonds is 1. The number of hydrogen-bond donors (Lipinski definition) is 1. The smallest absolute Gasteiger partial charge is 0.168 e. The van der Waals surface area contributed by atoms with Crippen molar-refractivity contribution in [2.75, 3.05) is 13.2 Å². The first-order valence-corrected chi connectivity index (χ1v) is 5.08. The summed E-state index contributed by atoms with van der Waals surface area (Å²) in [4.78, 5) is 0.865. The van der Waals surface area contributed by atoms with E-state index in [1.54, 1.807) is 12.1 Å². The van der Waals surface area contributed by atoms with E-state index in [0.717, 1.165) is 16.8 Å². The normalized spacial score (nSPS) is 20.3. The molecule has 0 aliphatic carbocycles. The highest BCUT2D eigenvalue weighted by Crippen LogP contribution is 2.32.